The summed E-state index contributed by atoms with van der Waals surface area (Å²) in [5, 5.41) is 9.31. The van der Waals surface area contributed by atoms with Crippen LogP contribution in [0.3, 0.4) is 0 Å². The third-order valence-electron chi connectivity index (χ3n) is 2.85. The summed E-state index contributed by atoms with van der Waals surface area (Å²) in [5.41, 5.74) is 1.53. The van der Waals surface area contributed by atoms with Crippen molar-refractivity contribution in [1.82, 2.24) is 0 Å². The Bertz CT molecular complexity index is 605. The number of para-hydroxylation sites is 1. The van der Waals surface area contributed by atoms with Crippen molar-refractivity contribution < 1.29 is 19.4 Å². The molecule has 2 aromatic rings. The van der Waals surface area contributed by atoms with Crippen LogP contribution in [-0.4, -0.2) is 25.3 Å². The summed E-state index contributed by atoms with van der Waals surface area (Å²) in [7, 11) is 3.06. The first kappa shape index (κ1) is 13.0. The molecule has 2 aromatic carbocycles. The average Bonchev–Trinajstić information content (AvgIpc) is 2.46. The highest BCUT2D eigenvalue weighted by Crippen LogP contribution is 2.33. The van der Waals surface area contributed by atoms with Crippen LogP contribution in [0.15, 0.2) is 42.5 Å². The predicted molar refractivity (Wildman–Crippen MR) is 71.9 cm³/mol. The molecule has 0 saturated heterocycles. The molecule has 2 rings (SSSR count). The Hall–Kier alpha value is -2.49. The molecule has 0 heterocycles. The first-order chi connectivity index (χ1) is 9.17. The Kier molecular flexibility index (Phi) is 3.71. The highest BCUT2D eigenvalue weighted by molar-refractivity contribution is 5.97. The molecule has 19 heavy (non-hydrogen) atoms. The molecule has 0 saturated carbocycles. The smallest absolute Gasteiger partial charge is 0.336 e. The van der Waals surface area contributed by atoms with Crippen molar-refractivity contribution in [3.05, 3.63) is 48.0 Å². The van der Waals surface area contributed by atoms with Gasteiger partial charge >= 0.3 is 5.97 Å². The number of benzene rings is 2. The summed E-state index contributed by atoms with van der Waals surface area (Å²) in [5.74, 6) is 0.144. The van der Waals surface area contributed by atoms with E-state index >= 15 is 0 Å². The van der Waals surface area contributed by atoms with Crippen LogP contribution in [0.5, 0.6) is 11.5 Å². The summed E-state index contributed by atoms with van der Waals surface area (Å²) < 4.78 is 10.3. The van der Waals surface area contributed by atoms with Crippen LogP contribution in [0.25, 0.3) is 11.1 Å². The van der Waals surface area contributed by atoms with Gasteiger partial charge in [-0.3, -0.25) is 0 Å². The van der Waals surface area contributed by atoms with Gasteiger partial charge in [-0.1, -0.05) is 18.2 Å². The second-order valence-corrected chi connectivity index (χ2v) is 3.92. The van der Waals surface area contributed by atoms with Crippen molar-refractivity contribution in [3.8, 4) is 22.6 Å². The van der Waals surface area contributed by atoms with Gasteiger partial charge in [0.15, 0.2) is 0 Å². The van der Waals surface area contributed by atoms with E-state index in [1.807, 2.05) is 18.2 Å². The molecule has 0 aliphatic carbocycles. The van der Waals surface area contributed by atoms with Gasteiger partial charge in [0.1, 0.15) is 11.5 Å². The van der Waals surface area contributed by atoms with Gasteiger partial charge in [0.2, 0.25) is 0 Å². The highest BCUT2D eigenvalue weighted by Gasteiger charge is 2.15. The molecule has 0 aliphatic rings. The van der Waals surface area contributed by atoms with Crippen molar-refractivity contribution in [3.63, 3.8) is 0 Å². The minimum absolute atomic E-state index is 0.184. The van der Waals surface area contributed by atoms with Gasteiger partial charge in [-0.25, -0.2) is 4.79 Å². The number of hydrogen-bond acceptors (Lipinski definition) is 3. The standard InChI is InChI=1S/C15H14O4/c1-18-10-7-8-11(13(9-10)15(16)17)12-5-3-4-6-14(12)19-2/h3-9H,1-2H3,(H,16,17). The van der Waals surface area contributed by atoms with E-state index in [9.17, 15) is 9.90 Å². The van der Waals surface area contributed by atoms with Crippen LogP contribution in [-0.2, 0) is 0 Å². The fraction of sp³-hybridized carbons (Fsp3) is 0.133. The summed E-state index contributed by atoms with van der Waals surface area (Å²) in [6.07, 6.45) is 0. The Morgan fingerprint density at radius 1 is 1.00 bits per heavy atom. The van der Waals surface area contributed by atoms with Crippen LogP contribution in [0.4, 0.5) is 0 Å². The quantitative estimate of drug-likeness (QED) is 0.915. The summed E-state index contributed by atoms with van der Waals surface area (Å²) in [6.45, 7) is 0. The number of rotatable bonds is 4. The zero-order chi connectivity index (χ0) is 13.8. The maximum atomic E-state index is 11.4. The van der Waals surface area contributed by atoms with E-state index < -0.39 is 5.97 Å². The molecule has 0 amide bonds. The fourth-order valence-electron chi connectivity index (χ4n) is 1.93. The maximum absolute atomic E-state index is 11.4. The van der Waals surface area contributed by atoms with Gasteiger partial charge in [-0.15, -0.1) is 0 Å². The lowest BCUT2D eigenvalue weighted by molar-refractivity contribution is 0.0697. The molecule has 98 valence electrons. The van der Waals surface area contributed by atoms with Gasteiger partial charge in [0, 0.05) is 11.1 Å². The summed E-state index contributed by atoms with van der Waals surface area (Å²) >= 11 is 0. The Labute approximate surface area is 111 Å². The predicted octanol–water partition coefficient (Wildman–Crippen LogP) is 3.07. The van der Waals surface area contributed by atoms with Crippen LogP contribution < -0.4 is 9.47 Å². The topological polar surface area (TPSA) is 55.8 Å². The fourth-order valence-corrected chi connectivity index (χ4v) is 1.93. The molecule has 0 aromatic heterocycles. The molecule has 0 aliphatic heterocycles. The van der Waals surface area contributed by atoms with E-state index in [1.54, 1.807) is 25.3 Å². The zero-order valence-corrected chi connectivity index (χ0v) is 10.7. The highest BCUT2D eigenvalue weighted by atomic mass is 16.5. The lowest BCUT2D eigenvalue weighted by Gasteiger charge is -2.12. The average molecular weight is 258 g/mol. The van der Waals surface area contributed by atoms with Crippen LogP contribution in [0, 0.1) is 0 Å². The van der Waals surface area contributed by atoms with Crippen molar-refractivity contribution in [2.24, 2.45) is 0 Å². The SMILES string of the molecule is COc1ccc(-c2ccccc2OC)c(C(=O)O)c1. The van der Waals surface area contributed by atoms with E-state index in [1.165, 1.54) is 13.2 Å². The third-order valence-corrected chi connectivity index (χ3v) is 2.85. The third kappa shape index (κ3) is 2.52. The Morgan fingerprint density at radius 2 is 1.74 bits per heavy atom. The number of methoxy groups -OCH3 is 2. The van der Waals surface area contributed by atoms with Gasteiger partial charge in [-0.2, -0.15) is 0 Å². The number of hydrogen-bond donors (Lipinski definition) is 1. The van der Waals surface area contributed by atoms with E-state index in [0.717, 1.165) is 5.56 Å². The van der Waals surface area contributed by atoms with Gasteiger partial charge in [0.25, 0.3) is 0 Å². The Balaban J connectivity index is 2.64. The van der Waals surface area contributed by atoms with Crippen LogP contribution >= 0.6 is 0 Å². The van der Waals surface area contributed by atoms with E-state index in [4.69, 9.17) is 9.47 Å². The first-order valence-corrected chi connectivity index (χ1v) is 5.72. The number of aromatic carboxylic acids is 1. The zero-order valence-electron chi connectivity index (χ0n) is 10.7. The minimum Gasteiger partial charge on any atom is -0.497 e. The molecule has 0 unspecified atom stereocenters. The van der Waals surface area contributed by atoms with Crippen molar-refractivity contribution in [2.75, 3.05) is 14.2 Å². The lowest BCUT2D eigenvalue weighted by Crippen LogP contribution is -2.01. The molecule has 0 atom stereocenters. The van der Waals surface area contributed by atoms with Crippen molar-refractivity contribution in [1.29, 1.82) is 0 Å². The molecule has 1 N–H and O–H groups in total. The molecule has 4 nitrogen and oxygen atoms in total. The lowest BCUT2D eigenvalue weighted by atomic mass is 9.98. The number of carbonyl (C=O) groups is 1. The van der Waals surface area contributed by atoms with Crippen molar-refractivity contribution in [2.45, 2.75) is 0 Å². The van der Waals surface area contributed by atoms with E-state index in [2.05, 4.69) is 0 Å². The normalized spacial score (nSPS) is 10.0. The van der Waals surface area contributed by atoms with Gasteiger partial charge in [-0.05, 0) is 24.3 Å². The molecule has 0 bridgehead atoms. The molecular formula is C15H14O4. The molecule has 0 radical (unpaired) electrons. The molecule has 0 spiro atoms. The minimum atomic E-state index is -1.00. The summed E-state index contributed by atoms with van der Waals surface area (Å²) in [6, 6.07) is 12.3. The second kappa shape index (κ2) is 5.44. The molecular weight excluding hydrogens is 244 g/mol. The Morgan fingerprint density at radius 3 is 2.37 bits per heavy atom. The first-order valence-electron chi connectivity index (χ1n) is 5.72. The number of carboxylic acid groups (broad SMARTS) is 1. The molecule has 4 heteroatoms. The summed E-state index contributed by atoms with van der Waals surface area (Å²) in [4.78, 5) is 11.4. The second-order valence-electron chi connectivity index (χ2n) is 3.92. The largest absolute Gasteiger partial charge is 0.497 e. The number of carboxylic acids is 1. The van der Waals surface area contributed by atoms with Crippen molar-refractivity contribution >= 4 is 5.97 Å². The van der Waals surface area contributed by atoms with Crippen LogP contribution in [0.2, 0.25) is 0 Å². The van der Waals surface area contributed by atoms with Gasteiger partial charge < -0.3 is 14.6 Å². The molecule has 0 fully saturated rings. The number of ether oxygens (including phenoxy) is 2. The van der Waals surface area contributed by atoms with E-state index in [0.29, 0.717) is 17.1 Å². The van der Waals surface area contributed by atoms with E-state index in [-0.39, 0.29) is 5.56 Å². The monoisotopic (exact) mass is 258 g/mol. The maximum Gasteiger partial charge on any atom is 0.336 e. The van der Waals surface area contributed by atoms with Crippen LogP contribution in [0.1, 0.15) is 10.4 Å². The van der Waals surface area contributed by atoms with Gasteiger partial charge in [0.05, 0.1) is 19.8 Å².